The van der Waals surface area contributed by atoms with Crippen LogP contribution >= 0.6 is 0 Å². The number of alkyl halides is 6. The molecule has 1 unspecified atom stereocenters. The van der Waals surface area contributed by atoms with Crippen LogP contribution in [0.3, 0.4) is 0 Å². The molecule has 0 fully saturated rings. The molecule has 0 amide bonds. The lowest BCUT2D eigenvalue weighted by molar-refractivity contribution is -0.277. The van der Waals surface area contributed by atoms with Crippen molar-refractivity contribution in [2.45, 2.75) is 43.6 Å². The number of nitrogen functional groups attached to an aromatic ring is 1. The number of hydrogen-bond acceptors (Lipinski definition) is 7. The Morgan fingerprint density at radius 1 is 1.03 bits per heavy atom. The van der Waals surface area contributed by atoms with Crippen molar-refractivity contribution >= 4 is 5.69 Å². The van der Waals surface area contributed by atoms with Gasteiger partial charge in [-0.2, -0.15) is 26.3 Å². The van der Waals surface area contributed by atoms with Crippen LogP contribution < -0.4 is 10.5 Å². The Bertz CT molecular complexity index is 1180. The smallest absolute Gasteiger partial charge is 0.426 e. The second-order valence-corrected chi connectivity index (χ2v) is 7.50. The molecule has 0 radical (unpaired) electrons. The van der Waals surface area contributed by atoms with Crippen molar-refractivity contribution in [2.24, 2.45) is 0 Å². The van der Waals surface area contributed by atoms with Gasteiger partial charge in [0.15, 0.2) is 5.69 Å². The van der Waals surface area contributed by atoms with Crippen molar-refractivity contribution in [1.82, 2.24) is 15.2 Å². The Morgan fingerprint density at radius 2 is 1.79 bits per heavy atom. The zero-order chi connectivity index (χ0) is 24.0. The Labute approximate surface area is 182 Å². The third kappa shape index (κ3) is 4.32. The van der Waals surface area contributed by atoms with E-state index in [1.807, 2.05) is 0 Å². The Kier molecular flexibility index (Phi) is 5.47. The van der Waals surface area contributed by atoms with Crippen molar-refractivity contribution < 1.29 is 40.6 Å². The number of pyridine rings is 1. The zero-order valence-corrected chi connectivity index (χ0v) is 16.7. The molecule has 33 heavy (non-hydrogen) atoms. The molecule has 2 aromatic heterocycles. The number of anilines is 1. The van der Waals surface area contributed by atoms with E-state index in [9.17, 15) is 31.4 Å². The van der Waals surface area contributed by atoms with Crippen LogP contribution in [0.4, 0.5) is 32.0 Å². The van der Waals surface area contributed by atoms with Crippen LogP contribution in [0.5, 0.6) is 11.6 Å². The SMILES string of the molecule is Nc1cc(C(F)(F)F)c2nc1-c1nnc(o1)C(O)(C(F)(F)F)CCCCc1cccc(c1)O2. The highest BCUT2D eigenvalue weighted by atomic mass is 19.4. The van der Waals surface area contributed by atoms with Gasteiger partial charge in [0, 0.05) is 0 Å². The van der Waals surface area contributed by atoms with E-state index in [1.54, 1.807) is 6.07 Å². The third-order valence-corrected chi connectivity index (χ3v) is 5.14. The van der Waals surface area contributed by atoms with Crippen molar-refractivity contribution in [3.8, 4) is 23.2 Å². The van der Waals surface area contributed by atoms with Crippen LogP contribution in [0.2, 0.25) is 0 Å². The number of nitrogens with zero attached hydrogens (tertiary/aromatic N) is 3. The molecule has 0 saturated carbocycles. The average molecular weight is 474 g/mol. The van der Waals surface area contributed by atoms with E-state index in [4.69, 9.17) is 14.9 Å². The molecule has 1 atom stereocenters. The molecule has 0 saturated heterocycles. The van der Waals surface area contributed by atoms with Gasteiger partial charge in [-0.3, -0.25) is 0 Å². The van der Waals surface area contributed by atoms with Gasteiger partial charge in [-0.05, 0) is 49.4 Å². The van der Waals surface area contributed by atoms with Gasteiger partial charge in [0.05, 0.1) is 5.69 Å². The van der Waals surface area contributed by atoms with Crippen LogP contribution in [0, 0.1) is 0 Å². The molecular weight excluding hydrogens is 458 g/mol. The number of aromatic nitrogens is 3. The summed E-state index contributed by atoms with van der Waals surface area (Å²) < 4.78 is 92.3. The number of benzene rings is 1. The number of fused-ring (bicyclic) bond motifs is 7. The summed E-state index contributed by atoms with van der Waals surface area (Å²) in [6.45, 7) is 0. The lowest BCUT2D eigenvalue weighted by Gasteiger charge is -2.26. The normalized spacial score (nSPS) is 19.4. The number of ether oxygens (including phenoxy) is 1. The van der Waals surface area contributed by atoms with E-state index in [1.165, 1.54) is 18.2 Å². The first-order chi connectivity index (χ1) is 15.4. The Morgan fingerprint density at radius 3 is 2.48 bits per heavy atom. The molecule has 0 spiro atoms. The minimum atomic E-state index is -5.15. The van der Waals surface area contributed by atoms with Crippen LogP contribution in [-0.4, -0.2) is 26.5 Å². The van der Waals surface area contributed by atoms with E-state index in [2.05, 4.69) is 15.2 Å². The molecule has 1 aliphatic rings. The minimum Gasteiger partial charge on any atom is -0.438 e. The highest BCUT2D eigenvalue weighted by Gasteiger charge is 2.58. The highest BCUT2D eigenvalue weighted by Crippen LogP contribution is 2.44. The molecule has 3 aromatic rings. The van der Waals surface area contributed by atoms with Crippen molar-refractivity contribution in [2.75, 3.05) is 5.73 Å². The van der Waals surface area contributed by atoms with E-state index in [-0.39, 0.29) is 25.0 Å². The minimum absolute atomic E-state index is 0.0362. The van der Waals surface area contributed by atoms with Gasteiger partial charge in [-0.1, -0.05) is 12.1 Å². The number of nitrogens with two attached hydrogens (primary N) is 1. The van der Waals surface area contributed by atoms with Crippen LogP contribution in [0.1, 0.15) is 36.3 Å². The average Bonchev–Trinajstić information content (AvgIpc) is 3.20. The number of halogens is 6. The van der Waals surface area contributed by atoms with E-state index in [0.717, 1.165) is 0 Å². The summed E-state index contributed by atoms with van der Waals surface area (Å²) in [7, 11) is 0. The summed E-state index contributed by atoms with van der Waals surface area (Å²) in [6, 6.07) is 6.56. The summed E-state index contributed by atoms with van der Waals surface area (Å²) in [5.74, 6) is -2.73. The van der Waals surface area contributed by atoms with Gasteiger partial charge in [0.1, 0.15) is 11.3 Å². The van der Waals surface area contributed by atoms with Gasteiger partial charge in [-0.15, -0.1) is 10.2 Å². The Balaban J connectivity index is 1.92. The van der Waals surface area contributed by atoms with Gasteiger partial charge >= 0.3 is 12.4 Å². The lowest BCUT2D eigenvalue weighted by atomic mass is 9.94. The molecule has 0 aliphatic carbocycles. The maximum absolute atomic E-state index is 13.7. The molecule has 4 rings (SSSR count). The maximum atomic E-state index is 13.7. The monoisotopic (exact) mass is 474 g/mol. The second kappa shape index (κ2) is 7.90. The van der Waals surface area contributed by atoms with Crippen molar-refractivity contribution in [1.29, 1.82) is 0 Å². The quantitative estimate of drug-likeness (QED) is 0.442. The molecule has 6 bridgehead atoms. The van der Waals surface area contributed by atoms with Gasteiger partial charge < -0.3 is 20.0 Å². The first kappa shape index (κ1) is 22.8. The maximum Gasteiger partial charge on any atom is 0.426 e. The number of aryl methyl sites for hydroxylation is 1. The van der Waals surface area contributed by atoms with E-state index >= 15 is 0 Å². The fourth-order valence-corrected chi connectivity index (χ4v) is 3.41. The second-order valence-electron chi connectivity index (χ2n) is 7.50. The third-order valence-electron chi connectivity index (χ3n) is 5.14. The summed E-state index contributed by atoms with van der Waals surface area (Å²) in [4.78, 5) is 3.73. The van der Waals surface area contributed by atoms with Crippen LogP contribution in [-0.2, 0) is 18.2 Å². The van der Waals surface area contributed by atoms with Crippen LogP contribution in [0.15, 0.2) is 34.7 Å². The number of aliphatic hydroxyl groups is 1. The number of rotatable bonds is 0. The van der Waals surface area contributed by atoms with Crippen molar-refractivity contribution in [3.63, 3.8) is 0 Å². The summed E-state index contributed by atoms with van der Waals surface area (Å²) in [6.07, 6.45) is -10.4. The number of hydrogen-bond donors (Lipinski definition) is 2. The molecule has 176 valence electrons. The molecular formula is C20H16F6N4O3. The molecule has 7 nitrogen and oxygen atoms in total. The van der Waals surface area contributed by atoms with Crippen molar-refractivity contribution in [3.05, 3.63) is 47.3 Å². The summed E-state index contributed by atoms with van der Waals surface area (Å²) >= 11 is 0. The van der Waals surface area contributed by atoms with E-state index < -0.39 is 59.0 Å². The predicted octanol–water partition coefficient (Wildman–Crippen LogP) is 5.00. The van der Waals surface area contributed by atoms with E-state index in [0.29, 0.717) is 11.6 Å². The standard InChI is InChI=1S/C20H16F6N4O3/c21-19(22,23)12-9-13(27)14-16-29-30-17(33-16)18(31,20(24,25)26)7-2-1-4-10-5-3-6-11(8-10)32-15(12)28-14/h3,5-6,8-9,31H,1-2,4,7,27H2. The van der Waals surface area contributed by atoms with Gasteiger partial charge in [-0.25, -0.2) is 4.98 Å². The summed E-state index contributed by atoms with van der Waals surface area (Å²) in [5, 5.41) is 17.1. The fraction of sp³-hybridized carbons (Fsp3) is 0.350. The predicted molar refractivity (Wildman–Crippen MR) is 101 cm³/mol. The molecule has 1 aromatic carbocycles. The first-order valence-electron chi connectivity index (χ1n) is 9.66. The highest BCUT2D eigenvalue weighted by molar-refractivity contribution is 5.68. The first-order valence-corrected chi connectivity index (χ1v) is 9.66. The molecule has 3 heterocycles. The largest absolute Gasteiger partial charge is 0.438 e. The lowest BCUT2D eigenvalue weighted by Crippen LogP contribution is -2.42. The molecule has 3 N–H and O–H groups in total. The van der Waals surface area contributed by atoms with Gasteiger partial charge in [0.25, 0.3) is 11.8 Å². The van der Waals surface area contributed by atoms with Crippen LogP contribution in [0.25, 0.3) is 11.6 Å². The fourth-order valence-electron chi connectivity index (χ4n) is 3.41. The summed E-state index contributed by atoms with van der Waals surface area (Å²) in [5.41, 5.74) is 0.427. The zero-order valence-electron chi connectivity index (χ0n) is 16.7. The Hall–Kier alpha value is -3.35. The van der Waals surface area contributed by atoms with Gasteiger partial charge in [0.2, 0.25) is 11.5 Å². The topological polar surface area (TPSA) is 107 Å². The molecule has 13 heteroatoms. The molecule has 1 aliphatic heterocycles.